The average Bonchev–Trinajstić information content (AvgIpc) is 3.00. The third-order valence-electron chi connectivity index (χ3n) is 7.81. The van der Waals surface area contributed by atoms with Crippen molar-refractivity contribution in [2.45, 2.75) is 75.9 Å². The second kappa shape index (κ2) is 14.8. The highest BCUT2D eigenvalue weighted by Crippen LogP contribution is 2.28. The molecule has 1 saturated carbocycles. The van der Waals surface area contributed by atoms with Gasteiger partial charge in [-0.25, -0.2) is 8.42 Å². The molecule has 8 nitrogen and oxygen atoms in total. The van der Waals surface area contributed by atoms with Crippen molar-refractivity contribution >= 4 is 39.1 Å². The number of benzene rings is 3. The molecule has 1 N–H and O–H groups in total. The lowest BCUT2D eigenvalue weighted by molar-refractivity contribution is -0.140. The van der Waals surface area contributed by atoms with E-state index in [-0.39, 0.29) is 29.1 Å². The van der Waals surface area contributed by atoms with Crippen LogP contribution in [0.15, 0.2) is 77.7 Å². The van der Waals surface area contributed by atoms with Crippen LogP contribution in [-0.2, 0) is 26.2 Å². The Morgan fingerprint density at radius 1 is 1.00 bits per heavy atom. The summed E-state index contributed by atoms with van der Waals surface area (Å²) in [5, 5.41) is 3.49. The van der Waals surface area contributed by atoms with Crippen molar-refractivity contribution in [2.24, 2.45) is 0 Å². The third kappa shape index (κ3) is 8.30. The summed E-state index contributed by atoms with van der Waals surface area (Å²) in [4.78, 5) is 29.5. The quantitative estimate of drug-likeness (QED) is 0.262. The molecule has 0 aliphatic heterocycles. The van der Waals surface area contributed by atoms with E-state index in [1.807, 2.05) is 32.0 Å². The zero-order valence-corrected chi connectivity index (χ0v) is 26.5. The smallest absolute Gasteiger partial charge is 0.264 e. The van der Waals surface area contributed by atoms with Crippen LogP contribution >= 0.6 is 11.6 Å². The molecule has 0 radical (unpaired) electrons. The van der Waals surface area contributed by atoms with Crippen molar-refractivity contribution < 1.29 is 22.7 Å². The summed E-state index contributed by atoms with van der Waals surface area (Å²) in [6.45, 7) is 3.30. The fourth-order valence-corrected chi connectivity index (χ4v) is 7.02. The first-order chi connectivity index (χ1) is 20.6. The molecule has 1 aliphatic rings. The average molecular weight is 626 g/mol. The molecule has 0 saturated heterocycles. The Morgan fingerprint density at radius 3 is 2.35 bits per heavy atom. The number of nitrogens with zero attached hydrogens (tertiary/aromatic N) is 2. The van der Waals surface area contributed by atoms with Crippen molar-refractivity contribution in [3.63, 3.8) is 0 Å². The van der Waals surface area contributed by atoms with E-state index in [2.05, 4.69) is 5.32 Å². The van der Waals surface area contributed by atoms with E-state index in [1.54, 1.807) is 43.5 Å². The summed E-state index contributed by atoms with van der Waals surface area (Å²) in [6, 6.07) is 19.4. The van der Waals surface area contributed by atoms with Crippen LogP contribution in [0.3, 0.4) is 0 Å². The van der Waals surface area contributed by atoms with Gasteiger partial charge in [0.05, 0.1) is 17.7 Å². The van der Waals surface area contributed by atoms with Crippen LogP contribution in [0.25, 0.3) is 0 Å². The van der Waals surface area contributed by atoms with E-state index < -0.39 is 28.5 Å². The summed E-state index contributed by atoms with van der Waals surface area (Å²) >= 11 is 6.27. The normalized spacial score (nSPS) is 14.5. The van der Waals surface area contributed by atoms with Crippen LogP contribution in [0.1, 0.15) is 56.6 Å². The fraction of sp³-hybridized carbons (Fsp3) is 0.394. The van der Waals surface area contributed by atoms with Gasteiger partial charge >= 0.3 is 0 Å². The zero-order valence-electron chi connectivity index (χ0n) is 25.0. The van der Waals surface area contributed by atoms with Gasteiger partial charge in [-0.1, -0.05) is 73.7 Å². The number of methoxy groups -OCH3 is 1. The Bertz CT molecular complexity index is 1510. The van der Waals surface area contributed by atoms with Gasteiger partial charge in [0, 0.05) is 17.6 Å². The Balaban J connectivity index is 1.71. The number of ether oxygens (including phenoxy) is 1. The van der Waals surface area contributed by atoms with Gasteiger partial charge in [0.2, 0.25) is 11.8 Å². The van der Waals surface area contributed by atoms with E-state index >= 15 is 0 Å². The number of amides is 2. The van der Waals surface area contributed by atoms with Gasteiger partial charge in [0.1, 0.15) is 18.3 Å². The molecule has 1 aliphatic carbocycles. The second-order valence-corrected chi connectivity index (χ2v) is 13.2. The van der Waals surface area contributed by atoms with Gasteiger partial charge in [0.15, 0.2) is 0 Å². The highest BCUT2D eigenvalue weighted by Gasteiger charge is 2.34. The first kappa shape index (κ1) is 32.4. The molecule has 10 heteroatoms. The first-order valence-electron chi connectivity index (χ1n) is 14.7. The molecule has 1 atom stereocenters. The molecule has 230 valence electrons. The highest BCUT2D eigenvalue weighted by molar-refractivity contribution is 7.92. The van der Waals surface area contributed by atoms with E-state index in [0.717, 1.165) is 47.5 Å². The first-order valence-corrected chi connectivity index (χ1v) is 16.5. The largest absolute Gasteiger partial charge is 0.497 e. The minimum Gasteiger partial charge on any atom is -0.497 e. The molecule has 43 heavy (non-hydrogen) atoms. The molecular weight excluding hydrogens is 586 g/mol. The molecule has 0 spiro atoms. The van der Waals surface area contributed by atoms with Crippen molar-refractivity contribution in [3.05, 3.63) is 88.9 Å². The van der Waals surface area contributed by atoms with Crippen molar-refractivity contribution in [1.29, 1.82) is 0 Å². The van der Waals surface area contributed by atoms with E-state index in [4.69, 9.17) is 16.3 Å². The number of carbonyl (C=O) groups excluding carboxylic acids is 2. The molecule has 1 fully saturated rings. The maximum absolute atomic E-state index is 14.3. The molecule has 0 aromatic heterocycles. The summed E-state index contributed by atoms with van der Waals surface area (Å²) in [6.07, 6.45) is 5.43. The molecule has 3 aromatic rings. The fourth-order valence-electron chi connectivity index (χ4n) is 5.43. The van der Waals surface area contributed by atoms with E-state index in [1.165, 1.54) is 23.1 Å². The summed E-state index contributed by atoms with van der Waals surface area (Å²) in [7, 11) is -2.61. The van der Waals surface area contributed by atoms with Crippen LogP contribution in [0, 0.1) is 6.92 Å². The second-order valence-electron chi connectivity index (χ2n) is 10.9. The van der Waals surface area contributed by atoms with E-state index in [0.29, 0.717) is 17.2 Å². The number of aryl methyl sites for hydroxylation is 1. The van der Waals surface area contributed by atoms with Crippen LogP contribution in [-0.4, -0.2) is 50.9 Å². The lowest BCUT2D eigenvalue weighted by Crippen LogP contribution is -2.54. The van der Waals surface area contributed by atoms with Gasteiger partial charge in [-0.15, -0.1) is 0 Å². The number of rotatable bonds is 12. The lowest BCUT2D eigenvalue weighted by atomic mass is 9.95. The molecule has 0 heterocycles. The summed E-state index contributed by atoms with van der Waals surface area (Å²) < 4.78 is 34.5. The van der Waals surface area contributed by atoms with Gasteiger partial charge in [-0.05, 0) is 74.2 Å². The number of hydrogen-bond acceptors (Lipinski definition) is 5. The van der Waals surface area contributed by atoms with Crippen LogP contribution in [0.4, 0.5) is 5.69 Å². The maximum Gasteiger partial charge on any atom is 0.264 e. The van der Waals surface area contributed by atoms with Crippen molar-refractivity contribution in [1.82, 2.24) is 10.2 Å². The number of anilines is 1. The lowest BCUT2D eigenvalue weighted by Gasteiger charge is -2.34. The predicted octanol–water partition coefficient (Wildman–Crippen LogP) is 6.11. The third-order valence-corrected chi connectivity index (χ3v) is 9.83. The number of nitrogens with one attached hydrogen (secondary N) is 1. The van der Waals surface area contributed by atoms with Gasteiger partial charge in [-0.2, -0.15) is 0 Å². The SMILES string of the molecule is CC[C@H](C(=O)NC1CCCCC1)N(Cc1cccc(OC)c1)C(=O)CN(c1cccc(Cl)c1)S(=O)(=O)c1ccc(C)cc1. The Hall–Kier alpha value is -3.56. The Morgan fingerprint density at radius 2 is 1.70 bits per heavy atom. The van der Waals surface area contributed by atoms with Gasteiger partial charge < -0.3 is 15.0 Å². The molecule has 3 aromatic carbocycles. The van der Waals surface area contributed by atoms with Crippen LogP contribution in [0.2, 0.25) is 5.02 Å². The van der Waals surface area contributed by atoms with Crippen molar-refractivity contribution in [3.8, 4) is 5.75 Å². The summed E-state index contributed by atoms with van der Waals surface area (Å²) in [5.74, 6) is -0.127. The standard InChI is InChI=1S/C33H40ClN3O5S/c1-4-31(33(39)35-27-12-6-5-7-13-27)36(22-25-10-8-15-29(20-25)42-3)32(38)23-37(28-14-9-11-26(34)21-28)43(40,41)30-18-16-24(2)17-19-30/h8-11,14-21,27,31H,4-7,12-13,22-23H2,1-3H3,(H,35,39)/t31-/m1/s1. The van der Waals surface area contributed by atoms with Gasteiger partial charge in [-0.3, -0.25) is 13.9 Å². The summed E-state index contributed by atoms with van der Waals surface area (Å²) in [5.41, 5.74) is 1.92. The topological polar surface area (TPSA) is 96.0 Å². The molecule has 4 rings (SSSR count). The molecule has 0 unspecified atom stereocenters. The predicted molar refractivity (Wildman–Crippen MR) is 170 cm³/mol. The molecule has 2 amide bonds. The van der Waals surface area contributed by atoms with Crippen LogP contribution in [0.5, 0.6) is 5.75 Å². The molecule has 0 bridgehead atoms. The number of hydrogen-bond donors (Lipinski definition) is 1. The maximum atomic E-state index is 14.3. The molecular formula is C33H40ClN3O5S. The Labute approximate surface area is 260 Å². The van der Waals surface area contributed by atoms with Crippen molar-refractivity contribution in [2.75, 3.05) is 18.0 Å². The Kier molecular flexibility index (Phi) is 11.1. The van der Waals surface area contributed by atoms with E-state index in [9.17, 15) is 18.0 Å². The highest BCUT2D eigenvalue weighted by atomic mass is 35.5. The minimum atomic E-state index is -4.17. The monoisotopic (exact) mass is 625 g/mol. The van der Waals surface area contributed by atoms with Gasteiger partial charge in [0.25, 0.3) is 10.0 Å². The minimum absolute atomic E-state index is 0.0484. The number of halogens is 1. The number of carbonyl (C=O) groups is 2. The zero-order chi connectivity index (χ0) is 31.0. The van der Waals surface area contributed by atoms with Crippen LogP contribution < -0.4 is 14.4 Å². The number of sulfonamides is 1.